The second-order valence-corrected chi connectivity index (χ2v) is 10.1. The zero-order valence-corrected chi connectivity index (χ0v) is 19.9. The van der Waals surface area contributed by atoms with Gasteiger partial charge in [-0.3, -0.25) is 9.59 Å². The van der Waals surface area contributed by atoms with Crippen LogP contribution in [-0.2, 0) is 30.1 Å². The lowest BCUT2D eigenvalue weighted by atomic mass is 9.81. The van der Waals surface area contributed by atoms with Gasteiger partial charge in [-0.15, -0.1) is 0 Å². The van der Waals surface area contributed by atoms with Gasteiger partial charge in [0.15, 0.2) is 0 Å². The molecule has 0 bridgehead atoms. The molecule has 0 aliphatic heterocycles. The molecule has 0 spiro atoms. The van der Waals surface area contributed by atoms with Crippen molar-refractivity contribution >= 4 is 22.1 Å². The molecule has 1 atom stereocenters. The summed E-state index contributed by atoms with van der Waals surface area (Å²) in [5, 5.41) is 9.56. The molecule has 188 valence electrons. The number of benzene rings is 1. The first-order chi connectivity index (χ1) is 15.3. The summed E-state index contributed by atoms with van der Waals surface area (Å²) in [4.78, 5) is 23.1. The van der Waals surface area contributed by atoms with Gasteiger partial charge in [-0.1, -0.05) is 70.8 Å². The standard InChI is InChI=1S/C23H33F3O6S/c1-3-4-5-6-7-8-9-10-11-15-22(2,21(28)29)17-20(27)32-33(30,31)19-14-12-13-18(16-19)23(24,25)26/h12-14,16H,3-11,15,17H2,1-2H3,(H,28,29). The highest BCUT2D eigenvalue weighted by atomic mass is 32.2. The zero-order chi connectivity index (χ0) is 25.1. The molecule has 0 aliphatic rings. The highest BCUT2D eigenvalue weighted by molar-refractivity contribution is 7.87. The molecule has 0 radical (unpaired) electrons. The van der Waals surface area contributed by atoms with E-state index in [1.54, 1.807) is 0 Å². The highest BCUT2D eigenvalue weighted by Crippen LogP contribution is 2.32. The fourth-order valence-corrected chi connectivity index (χ4v) is 4.36. The predicted molar refractivity (Wildman–Crippen MR) is 117 cm³/mol. The molecular formula is C23H33F3O6S. The number of halogens is 3. The molecule has 0 aliphatic carbocycles. The van der Waals surface area contributed by atoms with Gasteiger partial charge in [-0.2, -0.15) is 21.6 Å². The van der Waals surface area contributed by atoms with E-state index in [1.165, 1.54) is 32.6 Å². The molecule has 1 N–H and O–H groups in total. The Kier molecular flexibility index (Phi) is 11.4. The minimum atomic E-state index is -4.83. The molecule has 33 heavy (non-hydrogen) atoms. The van der Waals surface area contributed by atoms with E-state index in [2.05, 4.69) is 11.1 Å². The van der Waals surface area contributed by atoms with Crippen LogP contribution in [-0.4, -0.2) is 25.5 Å². The van der Waals surface area contributed by atoms with Gasteiger partial charge in [0.25, 0.3) is 0 Å². The summed E-state index contributed by atoms with van der Waals surface area (Å²) >= 11 is 0. The van der Waals surface area contributed by atoms with Crippen LogP contribution in [0.15, 0.2) is 29.2 Å². The molecule has 1 aromatic carbocycles. The van der Waals surface area contributed by atoms with E-state index in [0.29, 0.717) is 18.6 Å². The van der Waals surface area contributed by atoms with E-state index in [-0.39, 0.29) is 6.42 Å². The number of hydrogen-bond donors (Lipinski definition) is 1. The molecule has 0 amide bonds. The smallest absolute Gasteiger partial charge is 0.416 e. The van der Waals surface area contributed by atoms with Crippen LogP contribution < -0.4 is 0 Å². The lowest BCUT2D eigenvalue weighted by Gasteiger charge is -2.23. The Balaban J connectivity index is 2.63. The summed E-state index contributed by atoms with van der Waals surface area (Å²) in [6.45, 7) is 3.48. The summed E-state index contributed by atoms with van der Waals surface area (Å²) in [5.41, 5.74) is -2.75. The number of rotatable bonds is 15. The van der Waals surface area contributed by atoms with Crippen molar-refractivity contribution in [3.05, 3.63) is 29.8 Å². The Morgan fingerprint density at radius 3 is 2.03 bits per heavy atom. The van der Waals surface area contributed by atoms with Crippen LogP contribution >= 0.6 is 0 Å². The molecule has 0 saturated carbocycles. The molecule has 1 aromatic rings. The predicted octanol–water partition coefficient (Wildman–Crippen LogP) is 6.34. The van der Waals surface area contributed by atoms with Gasteiger partial charge in [0, 0.05) is 0 Å². The van der Waals surface area contributed by atoms with E-state index in [1.807, 2.05) is 0 Å². The third-order valence-electron chi connectivity index (χ3n) is 5.54. The Labute approximate surface area is 193 Å². The van der Waals surface area contributed by atoms with E-state index in [9.17, 15) is 36.3 Å². The maximum atomic E-state index is 12.8. The van der Waals surface area contributed by atoms with E-state index < -0.39 is 50.5 Å². The first kappa shape index (κ1) is 28.9. The van der Waals surface area contributed by atoms with Gasteiger partial charge < -0.3 is 9.29 Å². The molecule has 0 fully saturated rings. The quantitative estimate of drug-likeness (QED) is 0.226. The van der Waals surface area contributed by atoms with Crippen molar-refractivity contribution in [3.63, 3.8) is 0 Å². The molecule has 1 unspecified atom stereocenters. The van der Waals surface area contributed by atoms with Crippen LogP contribution in [0.2, 0.25) is 0 Å². The SMILES string of the molecule is CCCCCCCCCCCC(C)(CC(=O)OS(=O)(=O)c1cccc(C(F)(F)F)c1)C(=O)O. The first-order valence-electron chi connectivity index (χ1n) is 11.2. The van der Waals surface area contributed by atoms with Crippen LogP contribution in [0.25, 0.3) is 0 Å². The van der Waals surface area contributed by atoms with E-state index in [0.717, 1.165) is 37.8 Å². The molecule has 10 heteroatoms. The summed E-state index contributed by atoms with van der Waals surface area (Å²) in [5.74, 6) is -2.59. The second-order valence-electron chi connectivity index (χ2n) is 8.56. The Morgan fingerprint density at radius 2 is 1.52 bits per heavy atom. The fraction of sp³-hybridized carbons (Fsp3) is 0.652. The zero-order valence-electron chi connectivity index (χ0n) is 19.1. The van der Waals surface area contributed by atoms with Gasteiger partial charge in [0.2, 0.25) is 0 Å². The average molecular weight is 495 g/mol. The van der Waals surface area contributed by atoms with Crippen molar-refractivity contribution in [3.8, 4) is 0 Å². The van der Waals surface area contributed by atoms with Crippen molar-refractivity contribution in [2.24, 2.45) is 5.41 Å². The Bertz CT molecular complexity index is 882. The minimum Gasteiger partial charge on any atom is -0.481 e. The third kappa shape index (κ3) is 10.1. The topological polar surface area (TPSA) is 97.7 Å². The van der Waals surface area contributed by atoms with Crippen molar-refractivity contribution in [1.29, 1.82) is 0 Å². The maximum absolute atomic E-state index is 12.8. The van der Waals surface area contributed by atoms with Crippen LogP contribution in [0.4, 0.5) is 13.2 Å². The Hall–Kier alpha value is -2.10. The lowest BCUT2D eigenvalue weighted by molar-refractivity contribution is -0.154. The van der Waals surface area contributed by atoms with E-state index in [4.69, 9.17) is 0 Å². The Morgan fingerprint density at radius 1 is 0.970 bits per heavy atom. The number of aliphatic carboxylic acids is 1. The molecule has 0 saturated heterocycles. The molecule has 1 rings (SSSR count). The first-order valence-corrected chi connectivity index (χ1v) is 12.6. The van der Waals surface area contributed by atoms with Crippen LogP contribution in [0, 0.1) is 5.41 Å². The minimum absolute atomic E-state index is 0.150. The maximum Gasteiger partial charge on any atom is 0.416 e. The highest BCUT2D eigenvalue weighted by Gasteiger charge is 2.38. The van der Waals surface area contributed by atoms with Crippen molar-refractivity contribution in [2.45, 2.75) is 95.5 Å². The number of carbonyl (C=O) groups excluding carboxylic acids is 1. The van der Waals surface area contributed by atoms with Gasteiger partial charge >= 0.3 is 28.2 Å². The number of hydrogen-bond acceptors (Lipinski definition) is 5. The van der Waals surface area contributed by atoms with E-state index >= 15 is 0 Å². The number of alkyl halides is 3. The normalized spacial score (nSPS) is 14.0. The van der Waals surface area contributed by atoms with Crippen LogP contribution in [0.1, 0.15) is 90.0 Å². The monoisotopic (exact) mass is 494 g/mol. The molecular weight excluding hydrogens is 461 g/mol. The largest absolute Gasteiger partial charge is 0.481 e. The number of carboxylic acids is 1. The van der Waals surface area contributed by atoms with Crippen LogP contribution in [0.5, 0.6) is 0 Å². The van der Waals surface area contributed by atoms with Crippen molar-refractivity contribution < 1.29 is 40.5 Å². The number of carboxylic acid groups (broad SMARTS) is 1. The van der Waals surface area contributed by atoms with Gasteiger partial charge in [0.05, 0.1) is 17.4 Å². The molecule has 0 aromatic heterocycles. The summed E-state index contributed by atoms with van der Waals surface area (Å²) in [6, 6.07) is 2.81. The van der Waals surface area contributed by atoms with Gasteiger partial charge in [-0.05, 0) is 31.5 Å². The lowest BCUT2D eigenvalue weighted by Crippen LogP contribution is -2.32. The van der Waals surface area contributed by atoms with Gasteiger partial charge in [-0.25, -0.2) is 0 Å². The number of unbranched alkanes of at least 4 members (excludes halogenated alkanes) is 8. The van der Waals surface area contributed by atoms with Gasteiger partial charge in [0.1, 0.15) is 4.90 Å². The number of carbonyl (C=O) groups is 2. The summed E-state index contributed by atoms with van der Waals surface area (Å²) in [7, 11) is -4.83. The summed E-state index contributed by atoms with van der Waals surface area (Å²) < 4.78 is 67.4. The molecule has 6 nitrogen and oxygen atoms in total. The van der Waals surface area contributed by atoms with Crippen molar-refractivity contribution in [1.82, 2.24) is 0 Å². The average Bonchev–Trinajstić information content (AvgIpc) is 2.71. The molecule has 0 heterocycles. The third-order valence-corrected chi connectivity index (χ3v) is 6.77. The second kappa shape index (κ2) is 13.0. The summed E-state index contributed by atoms with van der Waals surface area (Å²) in [6.07, 6.45) is 3.89. The fourth-order valence-electron chi connectivity index (χ4n) is 3.44. The van der Waals surface area contributed by atoms with Crippen molar-refractivity contribution in [2.75, 3.05) is 0 Å². The van der Waals surface area contributed by atoms with Crippen LogP contribution in [0.3, 0.4) is 0 Å².